The van der Waals surface area contributed by atoms with Crippen molar-refractivity contribution in [2.75, 3.05) is 6.54 Å². The van der Waals surface area contributed by atoms with Crippen molar-refractivity contribution >= 4 is 17.8 Å². The SMILES string of the molecule is Cc1ccc(CN(C(=O)CCCN2C(=O)NC3(CCCC3)C2=O)C2CC2)cc1. The number of hydrogen-bond acceptors (Lipinski definition) is 3. The Kier molecular flexibility index (Phi) is 5.13. The molecule has 1 aromatic carbocycles. The summed E-state index contributed by atoms with van der Waals surface area (Å²) in [5.74, 6) is 0.0202. The third-order valence-electron chi connectivity index (χ3n) is 6.26. The summed E-state index contributed by atoms with van der Waals surface area (Å²) < 4.78 is 0. The van der Waals surface area contributed by atoms with E-state index < -0.39 is 5.54 Å². The molecule has 4 rings (SSSR count). The summed E-state index contributed by atoms with van der Waals surface area (Å²) in [5.41, 5.74) is 1.69. The zero-order chi connectivity index (χ0) is 19.7. The van der Waals surface area contributed by atoms with Gasteiger partial charge in [-0.25, -0.2) is 4.79 Å². The van der Waals surface area contributed by atoms with Crippen LogP contribution in [-0.4, -0.2) is 45.8 Å². The standard InChI is InChI=1S/C22H29N3O3/c1-16-6-8-17(9-7-16)15-25(18-10-11-18)19(26)5-4-14-24-20(27)22(23-21(24)28)12-2-3-13-22/h6-9,18H,2-5,10-15H2,1H3,(H,23,28). The molecule has 0 atom stereocenters. The van der Waals surface area contributed by atoms with Crippen molar-refractivity contribution in [3.05, 3.63) is 35.4 Å². The molecular weight excluding hydrogens is 354 g/mol. The number of nitrogens with zero attached hydrogens (tertiary/aromatic N) is 2. The van der Waals surface area contributed by atoms with Gasteiger partial charge in [-0.2, -0.15) is 0 Å². The van der Waals surface area contributed by atoms with Gasteiger partial charge in [0.05, 0.1) is 0 Å². The molecule has 3 fully saturated rings. The van der Waals surface area contributed by atoms with Crippen molar-refractivity contribution in [3.63, 3.8) is 0 Å². The van der Waals surface area contributed by atoms with Gasteiger partial charge in [0.15, 0.2) is 0 Å². The number of amides is 4. The quantitative estimate of drug-likeness (QED) is 0.736. The highest BCUT2D eigenvalue weighted by Gasteiger charge is 2.52. The summed E-state index contributed by atoms with van der Waals surface area (Å²) >= 11 is 0. The molecule has 0 bridgehead atoms. The second-order valence-corrected chi connectivity index (χ2v) is 8.52. The van der Waals surface area contributed by atoms with E-state index in [0.717, 1.165) is 44.1 Å². The topological polar surface area (TPSA) is 69.7 Å². The van der Waals surface area contributed by atoms with E-state index >= 15 is 0 Å². The number of benzene rings is 1. The molecule has 1 spiro atoms. The molecule has 1 aliphatic heterocycles. The predicted molar refractivity (Wildman–Crippen MR) is 105 cm³/mol. The number of imide groups is 1. The monoisotopic (exact) mass is 383 g/mol. The van der Waals surface area contributed by atoms with Gasteiger partial charge in [-0.1, -0.05) is 42.7 Å². The molecule has 0 radical (unpaired) electrons. The van der Waals surface area contributed by atoms with Gasteiger partial charge in [-0.3, -0.25) is 14.5 Å². The molecule has 3 aliphatic rings. The molecule has 150 valence electrons. The number of aryl methyl sites for hydroxylation is 1. The minimum Gasteiger partial charge on any atom is -0.335 e. The molecule has 0 unspecified atom stereocenters. The van der Waals surface area contributed by atoms with Crippen LogP contribution in [0.25, 0.3) is 0 Å². The molecule has 0 aromatic heterocycles. The van der Waals surface area contributed by atoms with Crippen LogP contribution in [0.1, 0.15) is 62.5 Å². The average Bonchev–Trinajstić information content (AvgIpc) is 3.36. The zero-order valence-electron chi connectivity index (χ0n) is 16.6. The molecule has 6 nitrogen and oxygen atoms in total. The van der Waals surface area contributed by atoms with Crippen LogP contribution < -0.4 is 5.32 Å². The fourth-order valence-electron chi connectivity index (χ4n) is 4.43. The van der Waals surface area contributed by atoms with E-state index in [1.54, 1.807) is 0 Å². The van der Waals surface area contributed by atoms with Gasteiger partial charge >= 0.3 is 6.03 Å². The first kappa shape index (κ1) is 19.0. The Bertz CT molecular complexity index is 764. The van der Waals surface area contributed by atoms with E-state index in [1.165, 1.54) is 10.5 Å². The van der Waals surface area contributed by atoms with Crippen molar-refractivity contribution in [3.8, 4) is 0 Å². The third-order valence-corrected chi connectivity index (χ3v) is 6.26. The van der Waals surface area contributed by atoms with Crippen molar-refractivity contribution in [2.45, 2.75) is 76.4 Å². The molecule has 28 heavy (non-hydrogen) atoms. The molecular formula is C22H29N3O3. The average molecular weight is 383 g/mol. The summed E-state index contributed by atoms with van der Waals surface area (Å²) in [5, 5.41) is 2.90. The Labute approximate surface area is 166 Å². The van der Waals surface area contributed by atoms with E-state index in [0.29, 0.717) is 32.0 Å². The fourth-order valence-corrected chi connectivity index (χ4v) is 4.43. The summed E-state index contributed by atoms with van der Waals surface area (Å²) in [6, 6.07) is 8.34. The smallest absolute Gasteiger partial charge is 0.325 e. The Balaban J connectivity index is 1.31. The largest absolute Gasteiger partial charge is 0.335 e. The van der Waals surface area contributed by atoms with Crippen molar-refractivity contribution in [1.82, 2.24) is 15.1 Å². The first-order chi connectivity index (χ1) is 13.5. The lowest BCUT2D eigenvalue weighted by Crippen LogP contribution is -2.44. The van der Waals surface area contributed by atoms with Crippen molar-refractivity contribution in [1.29, 1.82) is 0 Å². The van der Waals surface area contributed by atoms with Crippen LogP contribution in [0.5, 0.6) is 0 Å². The molecule has 1 saturated heterocycles. The molecule has 1 N–H and O–H groups in total. The number of urea groups is 1. The van der Waals surface area contributed by atoms with Gasteiger partial charge < -0.3 is 10.2 Å². The normalized spacial score (nSPS) is 20.7. The number of hydrogen-bond donors (Lipinski definition) is 1. The highest BCUT2D eigenvalue weighted by Crippen LogP contribution is 2.35. The van der Waals surface area contributed by atoms with E-state index in [2.05, 4.69) is 36.5 Å². The van der Waals surface area contributed by atoms with Gasteiger partial charge in [0, 0.05) is 25.6 Å². The first-order valence-corrected chi connectivity index (χ1v) is 10.5. The van der Waals surface area contributed by atoms with Crippen LogP contribution in [0.15, 0.2) is 24.3 Å². The summed E-state index contributed by atoms with van der Waals surface area (Å²) in [7, 11) is 0. The minimum absolute atomic E-state index is 0.0962. The highest BCUT2D eigenvalue weighted by molar-refractivity contribution is 6.07. The van der Waals surface area contributed by atoms with Gasteiger partial charge in [0.2, 0.25) is 5.91 Å². The fraction of sp³-hybridized carbons (Fsp3) is 0.591. The predicted octanol–water partition coefficient (Wildman–Crippen LogP) is 3.13. The lowest BCUT2D eigenvalue weighted by atomic mass is 9.98. The number of carbonyl (C=O) groups is 3. The van der Waals surface area contributed by atoms with Crippen LogP contribution in [0.2, 0.25) is 0 Å². The summed E-state index contributed by atoms with van der Waals surface area (Å²) in [4.78, 5) is 41.0. The van der Waals surface area contributed by atoms with Crippen molar-refractivity contribution < 1.29 is 14.4 Å². The maximum Gasteiger partial charge on any atom is 0.325 e. The lowest BCUT2D eigenvalue weighted by molar-refractivity contribution is -0.134. The maximum atomic E-state index is 12.8. The third kappa shape index (κ3) is 3.77. The molecule has 2 saturated carbocycles. The van der Waals surface area contributed by atoms with Gasteiger partial charge in [-0.05, 0) is 44.6 Å². The lowest BCUT2D eigenvalue weighted by Gasteiger charge is -2.23. The van der Waals surface area contributed by atoms with E-state index in [9.17, 15) is 14.4 Å². The Morgan fingerprint density at radius 3 is 2.50 bits per heavy atom. The first-order valence-electron chi connectivity index (χ1n) is 10.5. The van der Waals surface area contributed by atoms with Gasteiger partial charge in [-0.15, -0.1) is 0 Å². The van der Waals surface area contributed by atoms with E-state index in [4.69, 9.17) is 0 Å². The summed E-state index contributed by atoms with van der Waals surface area (Å²) in [6.07, 6.45) is 6.44. The second kappa shape index (κ2) is 7.57. The van der Waals surface area contributed by atoms with Crippen LogP contribution >= 0.6 is 0 Å². The van der Waals surface area contributed by atoms with E-state index in [-0.39, 0.29) is 17.8 Å². The highest BCUT2D eigenvalue weighted by atomic mass is 16.2. The molecule has 6 heteroatoms. The van der Waals surface area contributed by atoms with E-state index in [1.807, 2.05) is 4.90 Å². The Hall–Kier alpha value is -2.37. The number of nitrogens with one attached hydrogen (secondary N) is 1. The maximum absolute atomic E-state index is 12.8. The van der Waals surface area contributed by atoms with Gasteiger partial charge in [0.25, 0.3) is 5.91 Å². The molecule has 1 heterocycles. The zero-order valence-corrected chi connectivity index (χ0v) is 16.6. The molecule has 4 amide bonds. The minimum atomic E-state index is -0.660. The van der Waals surface area contributed by atoms with Crippen LogP contribution in [0.4, 0.5) is 4.79 Å². The number of carbonyl (C=O) groups excluding carboxylic acids is 3. The van der Waals surface area contributed by atoms with Crippen LogP contribution in [-0.2, 0) is 16.1 Å². The summed E-state index contributed by atoms with van der Waals surface area (Å²) in [6.45, 7) is 3.01. The number of rotatable bonds is 7. The molecule has 1 aromatic rings. The Morgan fingerprint density at radius 2 is 1.86 bits per heavy atom. The van der Waals surface area contributed by atoms with Crippen LogP contribution in [0, 0.1) is 6.92 Å². The van der Waals surface area contributed by atoms with Gasteiger partial charge in [0.1, 0.15) is 5.54 Å². The van der Waals surface area contributed by atoms with Crippen LogP contribution in [0.3, 0.4) is 0 Å². The van der Waals surface area contributed by atoms with Crippen molar-refractivity contribution in [2.24, 2.45) is 0 Å². The molecule has 2 aliphatic carbocycles. The second-order valence-electron chi connectivity index (χ2n) is 8.52. The Morgan fingerprint density at radius 1 is 1.18 bits per heavy atom.